The van der Waals surface area contributed by atoms with E-state index in [9.17, 15) is 13.2 Å². The molecule has 0 fully saturated rings. The summed E-state index contributed by atoms with van der Waals surface area (Å²) in [5.41, 5.74) is 0.542. The third-order valence-electron chi connectivity index (χ3n) is 3.14. The third kappa shape index (κ3) is 4.08. The summed E-state index contributed by atoms with van der Waals surface area (Å²) in [6, 6.07) is 6.07. The minimum atomic E-state index is -3.83. The van der Waals surface area contributed by atoms with Crippen molar-refractivity contribution in [2.75, 3.05) is 17.9 Å². The second-order valence-electron chi connectivity index (χ2n) is 4.90. The first-order valence-electron chi connectivity index (χ1n) is 6.85. The van der Waals surface area contributed by atoms with Gasteiger partial charge in [0, 0.05) is 31.0 Å². The zero-order valence-corrected chi connectivity index (χ0v) is 13.6. The Hall–Kier alpha value is -2.39. The first kappa shape index (κ1) is 17.0. The van der Waals surface area contributed by atoms with Crippen molar-refractivity contribution < 1.29 is 18.3 Å². The van der Waals surface area contributed by atoms with Crippen LogP contribution in [0, 0.1) is 6.92 Å². The molecule has 0 unspecified atom stereocenters. The highest BCUT2D eigenvalue weighted by Crippen LogP contribution is 2.16. The fourth-order valence-electron chi connectivity index (χ4n) is 1.86. The number of nitrogens with one attached hydrogen (secondary N) is 2. The highest BCUT2D eigenvalue weighted by Gasteiger charge is 2.19. The van der Waals surface area contributed by atoms with Crippen LogP contribution in [-0.2, 0) is 17.1 Å². The Morgan fingerprint density at radius 3 is 2.74 bits per heavy atom. The maximum absolute atomic E-state index is 12.3. The Labute approximate surface area is 134 Å². The van der Waals surface area contributed by atoms with E-state index >= 15 is 0 Å². The van der Waals surface area contributed by atoms with Crippen LogP contribution in [0.3, 0.4) is 0 Å². The van der Waals surface area contributed by atoms with E-state index < -0.39 is 15.9 Å². The van der Waals surface area contributed by atoms with E-state index in [1.165, 1.54) is 18.3 Å². The molecule has 0 bridgehead atoms. The van der Waals surface area contributed by atoms with Crippen LogP contribution < -0.4 is 10.0 Å². The van der Waals surface area contributed by atoms with Crippen LogP contribution in [0.2, 0.25) is 0 Å². The predicted molar refractivity (Wildman–Crippen MR) is 84.6 cm³/mol. The van der Waals surface area contributed by atoms with Gasteiger partial charge in [-0.15, -0.1) is 0 Å². The summed E-state index contributed by atoms with van der Waals surface area (Å²) in [4.78, 5) is 15.8. The summed E-state index contributed by atoms with van der Waals surface area (Å²) in [5.74, 6) is 0.177. The first-order chi connectivity index (χ1) is 10.8. The number of nitrogens with zero attached hydrogens (tertiary/aromatic N) is 2. The fourth-order valence-corrected chi connectivity index (χ4v) is 2.95. The van der Waals surface area contributed by atoms with Gasteiger partial charge in [0.2, 0.25) is 0 Å². The number of aromatic nitrogens is 2. The minimum absolute atomic E-state index is 0.0902. The molecule has 1 heterocycles. The van der Waals surface area contributed by atoms with Crippen molar-refractivity contribution in [1.82, 2.24) is 14.9 Å². The smallest absolute Gasteiger partial charge is 0.280 e. The molecule has 3 N–H and O–H groups in total. The molecule has 1 aromatic heterocycles. The van der Waals surface area contributed by atoms with E-state index in [0.29, 0.717) is 5.82 Å². The molecule has 23 heavy (non-hydrogen) atoms. The van der Waals surface area contributed by atoms with Crippen molar-refractivity contribution in [3.8, 4) is 0 Å². The summed E-state index contributed by atoms with van der Waals surface area (Å²) in [6.07, 6.45) is 1.41. The van der Waals surface area contributed by atoms with E-state index in [-0.39, 0.29) is 29.4 Å². The Bertz CT molecular complexity index is 794. The Morgan fingerprint density at radius 2 is 2.13 bits per heavy atom. The number of hydrogen-bond donors (Lipinski definition) is 3. The molecule has 0 aliphatic heterocycles. The van der Waals surface area contributed by atoms with Gasteiger partial charge in [-0.25, -0.2) is 4.98 Å². The van der Waals surface area contributed by atoms with Crippen LogP contribution in [0.15, 0.2) is 35.5 Å². The number of aryl methyl sites for hydroxylation is 2. The molecule has 1 aromatic carbocycles. The topological polar surface area (TPSA) is 113 Å². The number of anilines is 1. The lowest BCUT2D eigenvalue weighted by atomic mass is 10.2. The van der Waals surface area contributed by atoms with Crippen LogP contribution in [0.25, 0.3) is 0 Å². The predicted octanol–water partition coefficient (Wildman–Crippen LogP) is 0.251. The third-order valence-corrected chi connectivity index (χ3v) is 4.39. The average Bonchev–Trinajstić information content (AvgIpc) is 2.85. The number of carbonyl (C=O) groups is 1. The second-order valence-corrected chi connectivity index (χ2v) is 6.53. The number of amides is 1. The molecule has 9 heteroatoms. The largest absolute Gasteiger partial charge is 0.395 e. The van der Waals surface area contributed by atoms with E-state index in [1.807, 2.05) is 0 Å². The molecule has 0 aliphatic carbocycles. The van der Waals surface area contributed by atoms with Gasteiger partial charge in [0.25, 0.3) is 15.9 Å². The first-order valence-corrected chi connectivity index (χ1v) is 8.33. The van der Waals surface area contributed by atoms with Gasteiger partial charge in [-0.3, -0.25) is 9.52 Å². The quantitative estimate of drug-likeness (QED) is 0.699. The second kappa shape index (κ2) is 6.80. The van der Waals surface area contributed by atoms with Crippen molar-refractivity contribution in [2.45, 2.75) is 11.9 Å². The van der Waals surface area contributed by atoms with Gasteiger partial charge >= 0.3 is 0 Å². The zero-order chi connectivity index (χ0) is 17.0. The molecule has 1 amide bonds. The number of hydrogen-bond acceptors (Lipinski definition) is 5. The molecule has 2 rings (SSSR count). The van der Waals surface area contributed by atoms with Gasteiger partial charge in [-0.05, 0) is 25.1 Å². The number of imidazole rings is 1. The SMILES string of the molecule is Cc1nc(S(=O)(=O)Nc2cccc(C(=O)NCCO)c2)cn1C. The molecule has 0 aliphatic rings. The maximum atomic E-state index is 12.3. The Morgan fingerprint density at radius 1 is 1.39 bits per heavy atom. The summed E-state index contributed by atoms with van der Waals surface area (Å²) >= 11 is 0. The van der Waals surface area contributed by atoms with E-state index in [2.05, 4.69) is 15.0 Å². The van der Waals surface area contributed by atoms with Crippen molar-refractivity contribution >= 4 is 21.6 Å². The van der Waals surface area contributed by atoms with Crippen LogP contribution in [0.4, 0.5) is 5.69 Å². The number of aliphatic hydroxyl groups is 1. The summed E-state index contributed by atoms with van der Waals surface area (Å²) in [7, 11) is -2.13. The van der Waals surface area contributed by atoms with Crippen molar-refractivity contribution in [3.63, 3.8) is 0 Å². The van der Waals surface area contributed by atoms with Crippen molar-refractivity contribution in [2.24, 2.45) is 7.05 Å². The summed E-state index contributed by atoms with van der Waals surface area (Å²) < 4.78 is 28.6. The molecule has 0 saturated heterocycles. The van der Waals surface area contributed by atoms with Gasteiger partial charge in [-0.1, -0.05) is 6.07 Å². The van der Waals surface area contributed by atoms with Gasteiger partial charge < -0.3 is 15.0 Å². The molecule has 2 aromatic rings. The number of sulfonamides is 1. The lowest BCUT2D eigenvalue weighted by Crippen LogP contribution is -2.26. The highest BCUT2D eigenvalue weighted by molar-refractivity contribution is 7.92. The van der Waals surface area contributed by atoms with Gasteiger partial charge in [0.1, 0.15) is 5.82 Å². The van der Waals surface area contributed by atoms with Gasteiger partial charge in [0.15, 0.2) is 5.03 Å². The Kier molecular flexibility index (Phi) is 5.02. The van der Waals surface area contributed by atoms with Crippen molar-refractivity contribution in [1.29, 1.82) is 0 Å². The number of aliphatic hydroxyl groups excluding tert-OH is 1. The standard InChI is InChI=1S/C14H18N4O4S/c1-10-16-13(9-18(10)2)23(21,22)17-12-5-3-4-11(8-12)14(20)15-6-7-19/h3-5,8-9,17,19H,6-7H2,1-2H3,(H,15,20). The molecule has 0 saturated carbocycles. The van der Waals surface area contributed by atoms with Gasteiger partial charge in [0.05, 0.1) is 6.61 Å². The molecular formula is C14H18N4O4S. The minimum Gasteiger partial charge on any atom is -0.395 e. The average molecular weight is 338 g/mol. The molecule has 0 spiro atoms. The number of rotatable bonds is 6. The lowest BCUT2D eigenvalue weighted by molar-refractivity contribution is 0.0945. The summed E-state index contributed by atoms with van der Waals surface area (Å²) in [5, 5.41) is 11.1. The number of carbonyl (C=O) groups excluding carboxylic acids is 1. The van der Waals surface area contributed by atoms with Crippen LogP contribution in [0.5, 0.6) is 0 Å². The molecular weight excluding hydrogens is 320 g/mol. The van der Waals surface area contributed by atoms with E-state index in [4.69, 9.17) is 5.11 Å². The van der Waals surface area contributed by atoms with Crippen LogP contribution in [-0.4, -0.2) is 42.1 Å². The lowest BCUT2D eigenvalue weighted by Gasteiger charge is -2.08. The monoisotopic (exact) mass is 338 g/mol. The zero-order valence-electron chi connectivity index (χ0n) is 12.8. The molecule has 124 valence electrons. The van der Waals surface area contributed by atoms with E-state index in [1.54, 1.807) is 30.7 Å². The Balaban J connectivity index is 2.21. The van der Waals surface area contributed by atoms with E-state index in [0.717, 1.165) is 0 Å². The van der Waals surface area contributed by atoms with Gasteiger partial charge in [-0.2, -0.15) is 8.42 Å². The maximum Gasteiger partial charge on any atom is 0.280 e. The highest BCUT2D eigenvalue weighted by atomic mass is 32.2. The molecule has 0 radical (unpaired) electrons. The normalized spacial score (nSPS) is 11.3. The molecule has 8 nitrogen and oxygen atoms in total. The summed E-state index contributed by atoms with van der Waals surface area (Å²) in [6.45, 7) is 1.66. The van der Waals surface area contributed by atoms with Crippen LogP contribution >= 0.6 is 0 Å². The van der Waals surface area contributed by atoms with Crippen LogP contribution in [0.1, 0.15) is 16.2 Å². The van der Waals surface area contributed by atoms with Crippen molar-refractivity contribution in [3.05, 3.63) is 41.9 Å². The molecule has 0 atom stereocenters. The number of benzene rings is 1. The fraction of sp³-hybridized carbons (Fsp3) is 0.286.